The number of esters is 1. The lowest BCUT2D eigenvalue weighted by molar-refractivity contribution is 0.0601. The Balaban J connectivity index is 2.43. The van der Waals surface area contributed by atoms with Gasteiger partial charge < -0.3 is 10.1 Å². The Morgan fingerprint density at radius 3 is 2.35 bits per heavy atom. The van der Waals surface area contributed by atoms with Gasteiger partial charge in [-0.15, -0.1) is 11.3 Å². The minimum Gasteiger partial charge on any atom is -0.465 e. The Labute approximate surface area is 129 Å². The molecule has 20 heavy (non-hydrogen) atoms. The molecule has 2 aromatic heterocycles. The maximum absolute atomic E-state index is 11.8. The first kappa shape index (κ1) is 15.0. The summed E-state index contributed by atoms with van der Waals surface area (Å²) < 4.78 is 4.78. The molecule has 0 fully saturated rings. The maximum Gasteiger partial charge on any atom is 0.341 e. The molecule has 0 spiro atoms. The minimum atomic E-state index is -0.430. The fraction of sp³-hybridized carbons (Fsp3) is 0.273. The van der Waals surface area contributed by atoms with Gasteiger partial charge in [-0.25, -0.2) is 4.79 Å². The van der Waals surface area contributed by atoms with Gasteiger partial charge in [0.05, 0.1) is 12.7 Å². The number of carbonyl (C=O) groups excluding carboxylic acids is 1. The summed E-state index contributed by atoms with van der Waals surface area (Å²) in [5, 5.41) is 3.43. The third-order valence-electron chi connectivity index (χ3n) is 2.58. The van der Waals surface area contributed by atoms with Gasteiger partial charge in [-0.2, -0.15) is 15.0 Å². The van der Waals surface area contributed by atoms with E-state index in [4.69, 9.17) is 27.9 Å². The van der Waals surface area contributed by atoms with Gasteiger partial charge in [-0.3, -0.25) is 0 Å². The Hall–Kier alpha value is -1.44. The van der Waals surface area contributed by atoms with E-state index in [-0.39, 0.29) is 16.5 Å². The number of thiophene rings is 1. The largest absolute Gasteiger partial charge is 0.465 e. The zero-order valence-corrected chi connectivity index (χ0v) is 13.2. The SMILES string of the molecule is COC(=O)c1c(Nc2nc(Cl)nc(Cl)n2)sc(C)c1C. The van der Waals surface area contributed by atoms with E-state index in [0.717, 1.165) is 10.4 Å². The van der Waals surface area contributed by atoms with Gasteiger partial charge in [0, 0.05) is 4.88 Å². The van der Waals surface area contributed by atoms with Crippen LogP contribution >= 0.6 is 34.5 Å². The number of hydrogen-bond donors (Lipinski definition) is 1. The Kier molecular flexibility index (Phi) is 4.42. The number of nitrogens with zero attached hydrogens (tertiary/aromatic N) is 3. The van der Waals surface area contributed by atoms with Crippen molar-refractivity contribution in [3.05, 3.63) is 26.6 Å². The van der Waals surface area contributed by atoms with Crippen LogP contribution in [0.4, 0.5) is 10.9 Å². The van der Waals surface area contributed by atoms with Crippen molar-refractivity contribution >= 4 is 51.5 Å². The number of rotatable bonds is 3. The quantitative estimate of drug-likeness (QED) is 0.868. The number of carbonyl (C=O) groups is 1. The van der Waals surface area contributed by atoms with Crippen LogP contribution in [0, 0.1) is 13.8 Å². The van der Waals surface area contributed by atoms with Crippen LogP contribution in [0.2, 0.25) is 10.6 Å². The Bertz CT molecular complexity index is 654. The summed E-state index contributed by atoms with van der Waals surface area (Å²) in [6.07, 6.45) is 0. The molecule has 9 heteroatoms. The van der Waals surface area contributed by atoms with Gasteiger partial charge in [-0.1, -0.05) is 0 Å². The first-order valence-electron chi connectivity index (χ1n) is 5.44. The normalized spacial score (nSPS) is 10.4. The van der Waals surface area contributed by atoms with Crippen LogP contribution in [0.1, 0.15) is 20.8 Å². The molecule has 0 atom stereocenters. The van der Waals surface area contributed by atoms with Crippen LogP contribution in [0.5, 0.6) is 0 Å². The first-order chi connectivity index (χ1) is 9.42. The third kappa shape index (κ3) is 3.00. The second-order valence-electron chi connectivity index (χ2n) is 3.80. The van der Waals surface area contributed by atoms with Gasteiger partial charge >= 0.3 is 5.97 Å². The van der Waals surface area contributed by atoms with Crippen LogP contribution in [-0.2, 0) is 4.74 Å². The van der Waals surface area contributed by atoms with E-state index < -0.39 is 5.97 Å². The second-order valence-corrected chi connectivity index (χ2v) is 5.70. The number of halogens is 2. The number of methoxy groups -OCH3 is 1. The smallest absolute Gasteiger partial charge is 0.341 e. The molecule has 6 nitrogen and oxygen atoms in total. The number of ether oxygens (including phenoxy) is 1. The first-order valence-corrected chi connectivity index (χ1v) is 7.02. The molecular weight excluding hydrogens is 323 g/mol. The molecule has 0 saturated carbocycles. The van der Waals surface area contributed by atoms with Gasteiger partial charge in [0.15, 0.2) is 0 Å². The summed E-state index contributed by atoms with van der Waals surface area (Å²) in [6, 6.07) is 0. The molecule has 0 radical (unpaired) electrons. The van der Waals surface area contributed by atoms with Crippen molar-refractivity contribution in [1.82, 2.24) is 15.0 Å². The van der Waals surface area contributed by atoms with Crippen molar-refractivity contribution in [2.24, 2.45) is 0 Å². The minimum absolute atomic E-state index is 0.0304. The molecule has 0 aliphatic heterocycles. The molecule has 2 rings (SSSR count). The predicted octanol–water partition coefficient (Wildman–Crippen LogP) is 3.39. The highest BCUT2D eigenvalue weighted by Gasteiger charge is 2.21. The number of anilines is 2. The maximum atomic E-state index is 11.8. The summed E-state index contributed by atoms with van der Waals surface area (Å²) in [6.45, 7) is 3.75. The van der Waals surface area contributed by atoms with Crippen LogP contribution < -0.4 is 5.32 Å². The van der Waals surface area contributed by atoms with E-state index >= 15 is 0 Å². The molecule has 1 N–H and O–H groups in total. The van der Waals surface area contributed by atoms with E-state index in [2.05, 4.69) is 20.3 Å². The second kappa shape index (κ2) is 5.90. The third-order valence-corrected chi connectivity index (χ3v) is 4.04. The highest BCUT2D eigenvalue weighted by molar-refractivity contribution is 7.16. The van der Waals surface area contributed by atoms with E-state index in [1.165, 1.54) is 18.4 Å². The van der Waals surface area contributed by atoms with E-state index in [0.29, 0.717) is 10.6 Å². The van der Waals surface area contributed by atoms with Gasteiger partial charge in [0.2, 0.25) is 16.5 Å². The zero-order valence-electron chi connectivity index (χ0n) is 10.8. The summed E-state index contributed by atoms with van der Waals surface area (Å²) in [5.41, 5.74) is 1.29. The van der Waals surface area contributed by atoms with E-state index in [1.807, 2.05) is 13.8 Å². The van der Waals surface area contributed by atoms with Gasteiger partial charge in [-0.05, 0) is 42.6 Å². The van der Waals surface area contributed by atoms with Crippen LogP contribution in [0.15, 0.2) is 0 Å². The molecule has 2 heterocycles. The fourth-order valence-electron chi connectivity index (χ4n) is 1.55. The molecular formula is C11H10Cl2N4O2S. The lowest BCUT2D eigenvalue weighted by atomic mass is 10.1. The summed E-state index contributed by atoms with van der Waals surface area (Å²) in [5.74, 6) is -0.262. The lowest BCUT2D eigenvalue weighted by Gasteiger charge is -2.05. The highest BCUT2D eigenvalue weighted by Crippen LogP contribution is 2.34. The van der Waals surface area contributed by atoms with E-state index in [9.17, 15) is 4.79 Å². The standard InChI is InChI=1S/C11H10Cl2N4O2S/c1-4-5(2)20-7(6(4)8(18)19-3)14-11-16-9(12)15-10(13)17-11/h1-3H3,(H,14,15,16,17). The van der Waals surface area contributed by atoms with Crippen LogP contribution in [-0.4, -0.2) is 28.0 Å². The number of nitrogens with one attached hydrogen (secondary N) is 1. The number of aromatic nitrogens is 3. The molecule has 2 aromatic rings. The van der Waals surface area contributed by atoms with E-state index in [1.54, 1.807) is 0 Å². The topological polar surface area (TPSA) is 77.0 Å². The summed E-state index contributed by atoms with van der Waals surface area (Å²) in [4.78, 5) is 24.3. The van der Waals surface area contributed by atoms with Crippen molar-refractivity contribution in [2.75, 3.05) is 12.4 Å². The molecule has 0 saturated heterocycles. The summed E-state index contributed by atoms with van der Waals surface area (Å²) >= 11 is 12.8. The lowest BCUT2D eigenvalue weighted by Crippen LogP contribution is -2.06. The Morgan fingerprint density at radius 2 is 1.80 bits per heavy atom. The van der Waals surface area contributed by atoms with Crippen molar-refractivity contribution < 1.29 is 9.53 Å². The molecule has 0 unspecified atom stereocenters. The monoisotopic (exact) mass is 332 g/mol. The highest BCUT2D eigenvalue weighted by atomic mass is 35.5. The number of aryl methyl sites for hydroxylation is 1. The molecule has 0 aliphatic carbocycles. The van der Waals surface area contributed by atoms with Crippen molar-refractivity contribution in [3.8, 4) is 0 Å². The molecule has 0 aromatic carbocycles. The molecule has 0 bridgehead atoms. The Morgan fingerprint density at radius 1 is 1.20 bits per heavy atom. The van der Waals surface area contributed by atoms with Gasteiger partial charge in [0.25, 0.3) is 0 Å². The van der Waals surface area contributed by atoms with Gasteiger partial charge in [0.1, 0.15) is 5.00 Å². The average Bonchev–Trinajstić information content (AvgIpc) is 2.63. The van der Waals surface area contributed by atoms with Crippen LogP contribution in [0.3, 0.4) is 0 Å². The van der Waals surface area contributed by atoms with Crippen LogP contribution in [0.25, 0.3) is 0 Å². The van der Waals surface area contributed by atoms with Crippen molar-refractivity contribution in [1.29, 1.82) is 0 Å². The molecule has 0 amide bonds. The fourth-order valence-corrected chi connectivity index (χ4v) is 2.95. The van der Waals surface area contributed by atoms with Crippen molar-refractivity contribution in [2.45, 2.75) is 13.8 Å². The average molecular weight is 333 g/mol. The molecule has 0 aliphatic rings. The zero-order chi connectivity index (χ0) is 14.9. The van der Waals surface area contributed by atoms with Crippen molar-refractivity contribution in [3.63, 3.8) is 0 Å². The number of hydrogen-bond acceptors (Lipinski definition) is 7. The summed E-state index contributed by atoms with van der Waals surface area (Å²) in [7, 11) is 1.33. The molecule has 106 valence electrons. The predicted molar refractivity (Wildman–Crippen MR) is 78.3 cm³/mol.